The number of fused-ring (bicyclic) bond motifs is 1. The maximum absolute atomic E-state index is 13.5. The maximum Gasteiger partial charge on any atom is 0.273 e. The van der Waals surface area contributed by atoms with E-state index in [1.165, 1.54) is 11.3 Å². The van der Waals surface area contributed by atoms with E-state index in [-0.39, 0.29) is 11.3 Å². The van der Waals surface area contributed by atoms with Crippen LogP contribution in [0.5, 0.6) is 5.75 Å². The zero-order chi connectivity index (χ0) is 22.8. The van der Waals surface area contributed by atoms with Crippen LogP contribution in [0.4, 0.5) is 0 Å². The van der Waals surface area contributed by atoms with Crippen molar-refractivity contribution in [1.29, 1.82) is 5.26 Å². The fourth-order valence-corrected chi connectivity index (χ4v) is 5.15. The number of nitrogens with zero attached hydrogens (tertiary/aromatic N) is 5. The molecular formula is C25H21N5O2S. The Morgan fingerprint density at radius 1 is 1.06 bits per heavy atom. The van der Waals surface area contributed by atoms with Gasteiger partial charge in [-0.3, -0.25) is 9.36 Å². The second-order valence-electron chi connectivity index (χ2n) is 7.87. The quantitative estimate of drug-likeness (QED) is 0.512. The number of nitriles is 1. The molecule has 0 bridgehead atoms. The predicted octanol–water partition coefficient (Wildman–Crippen LogP) is 2.47. The number of benzene rings is 2. The molecule has 0 saturated heterocycles. The first-order valence-corrected chi connectivity index (χ1v) is 11.6. The van der Waals surface area contributed by atoms with Crippen molar-refractivity contribution >= 4 is 23.0 Å². The van der Waals surface area contributed by atoms with Gasteiger partial charge in [0.25, 0.3) is 5.56 Å². The zero-order valence-electron chi connectivity index (χ0n) is 17.8. The lowest BCUT2D eigenvalue weighted by atomic mass is 10.2. The summed E-state index contributed by atoms with van der Waals surface area (Å²) in [5, 5.41) is 28.5. The third-order valence-corrected chi connectivity index (χ3v) is 6.78. The Bertz CT molecular complexity index is 1520. The van der Waals surface area contributed by atoms with Crippen LogP contribution in [0.25, 0.3) is 17.3 Å². The zero-order valence-corrected chi connectivity index (χ0v) is 18.6. The van der Waals surface area contributed by atoms with Crippen molar-refractivity contribution in [2.45, 2.75) is 32.2 Å². The Morgan fingerprint density at radius 2 is 1.85 bits per heavy atom. The van der Waals surface area contributed by atoms with Gasteiger partial charge < -0.3 is 9.67 Å². The summed E-state index contributed by atoms with van der Waals surface area (Å²) in [6.45, 7) is 0.760. The Labute approximate surface area is 193 Å². The van der Waals surface area contributed by atoms with Gasteiger partial charge in [0.2, 0.25) is 0 Å². The van der Waals surface area contributed by atoms with E-state index >= 15 is 0 Å². The number of phenolic OH excluding ortho intramolecular Hbond substituents is 1. The Balaban J connectivity index is 1.82. The molecule has 0 unspecified atom stereocenters. The number of hydrogen-bond donors (Lipinski definition) is 1. The summed E-state index contributed by atoms with van der Waals surface area (Å²) >= 11 is 1.26. The molecule has 1 aliphatic rings. The fraction of sp³-hybridized carbons (Fsp3) is 0.200. The van der Waals surface area contributed by atoms with Crippen LogP contribution >= 0.6 is 11.3 Å². The van der Waals surface area contributed by atoms with Gasteiger partial charge in [0, 0.05) is 13.0 Å². The molecule has 2 aromatic carbocycles. The van der Waals surface area contributed by atoms with Crippen molar-refractivity contribution in [2.75, 3.05) is 0 Å². The summed E-state index contributed by atoms with van der Waals surface area (Å²) in [7, 11) is 0. The molecule has 0 fully saturated rings. The SMILES string of the molecule is N#C/C(c1nnc2n1CCCCC2)=c1\s/c(=C\c2ccc(O)cc2)c(=O)n1-c1ccccc1. The van der Waals surface area contributed by atoms with Gasteiger partial charge in [0.1, 0.15) is 27.9 Å². The Morgan fingerprint density at radius 3 is 2.61 bits per heavy atom. The van der Waals surface area contributed by atoms with Crippen molar-refractivity contribution in [2.24, 2.45) is 0 Å². The van der Waals surface area contributed by atoms with E-state index in [9.17, 15) is 15.2 Å². The van der Waals surface area contributed by atoms with Gasteiger partial charge in [0.05, 0.1) is 10.2 Å². The molecule has 4 aromatic rings. The van der Waals surface area contributed by atoms with Gasteiger partial charge in [-0.15, -0.1) is 21.5 Å². The normalized spacial score (nSPS) is 14.9. The molecule has 8 heteroatoms. The first-order valence-electron chi connectivity index (χ1n) is 10.8. The van der Waals surface area contributed by atoms with E-state index in [0.717, 1.165) is 43.6 Å². The molecule has 1 N–H and O–H groups in total. The van der Waals surface area contributed by atoms with Gasteiger partial charge >= 0.3 is 0 Å². The van der Waals surface area contributed by atoms with Crippen molar-refractivity contribution in [3.63, 3.8) is 0 Å². The molecule has 2 aromatic heterocycles. The van der Waals surface area contributed by atoms with Gasteiger partial charge in [-0.25, -0.2) is 0 Å². The van der Waals surface area contributed by atoms with Crippen molar-refractivity contribution in [3.8, 4) is 17.5 Å². The van der Waals surface area contributed by atoms with E-state index < -0.39 is 0 Å². The molecule has 3 heterocycles. The molecular weight excluding hydrogens is 434 g/mol. The monoisotopic (exact) mass is 455 g/mol. The van der Waals surface area contributed by atoms with Gasteiger partial charge in [-0.2, -0.15) is 5.26 Å². The number of aromatic nitrogens is 4. The number of thiazole rings is 1. The average Bonchev–Trinajstić information content (AvgIpc) is 3.27. The van der Waals surface area contributed by atoms with Crippen LogP contribution in [0, 0.1) is 11.3 Å². The fourth-order valence-electron chi connectivity index (χ4n) is 4.05. The molecule has 1 aliphatic heterocycles. The highest BCUT2D eigenvalue weighted by molar-refractivity contribution is 7.07. The van der Waals surface area contributed by atoms with E-state index in [0.29, 0.717) is 26.3 Å². The average molecular weight is 456 g/mol. The summed E-state index contributed by atoms with van der Waals surface area (Å²) in [5.41, 5.74) is 1.60. The van der Waals surface area contributed by atoms with Crippen LogP contribution in [-0.2, 0) is 13.0 Å². The second-order valence-corrected chi connectivity index (χ2v) is 8.90. The molecule has 33 heavy (non-hydrogen) atoms. The smallest absolute Gasteiger partial charge is 0.273 e. The topological polar surface area (TPSA) is 96.7 Å². The number of phenols is 1. The molecule has 164 valence electrons. The molecule has 0 spiro atoms. The van der Waals surface area contributed by atoms with Gasteiger partial charge in [-0.05, 0) is 48.7 Å². The van der Waals surface area contributed by atoms with Gasteiger partial charge in [0.15, 0.2) is 5.82 Å². The lowest BCUT2D eigenvalue weighted by Crippen LogP contribution is -2.31. The van der Waals surface area contributed by atoms with Crippen LogP contribution < -0.4 is 14.8 Å². The molecule has 0 atom stereocenters. The summed E-state index contributed by atoms with van der Waals surface area (Å²) in [6.07, 6.45) is 5.78. The molecule has 0 aliphatic carbocycles. The largest absolute Gasteiger partial charge is 0.508 e. The standard InChI is InChI=1S/C25H21N5O2S/c26-16-20(23-28-27-22-9-5-2-6-14-29(22)23)25-30(18-7-3-1-4-8-18)24(32)21(33-25)15-17-10-12-19(31)13-11-17/h1,3-4,7-8,10-13,15,31H,2,5-6,9,14H2/b21-15-,25-20+. The summed E-state index contributed by atoms with van der Waals surface area (Å²) in [5.74, 6) is 1.56. The third kappa shape index (κ3) is 3.99. The minimum atomic E-state index is -0.211. The molecule has 5 rings (SSSR count). The van der Waals surface area contributed by atoms with E-state index in [2.05, 4.69) is 16.3 Å². The van der Waals surface area contributed by atoms with Crippen LogP contribution in [0.3, 0.4) is 0 Å². The first-order chi connectivity index (χ1) is 16.2. The lowest BCUT2D eigenvalue weighted by molar-refractivity contribution is 0.475. The molecule has 0 amide bonds. The number of aryl methyl sites for hydroxylation is 1. The minimum absolute atomic E-state index is 0.160. The van der Waals surface area contributed by atoms with Crippen LogP contribution in [0.15, 0.2) is 59.4 Å². The van der Waals surface area contributed by atoms with Gasteiger partial charge in [-0.1, -0.05) is 36.8 Å². The molecule has 0 saturated carbocycles. The first kappa shape index (κ1) is 20.9. The number of para-hydroxylation sites is 1. The van der Waals surface area contributed by atoms with E-state index in [1.54, 1.807) is 34.9 Å². The van der Waals surface area contributed by atoms with Crippen molar-refractivity contribution in [3.05, 3.63) is 91.4 Å². The van der Waals surface area contributed by atoms with E-state index in [4.69, 9.17) is 0 Å². The Hall–Kier alpha value is -3.96. The van der Waals surface area contributed by atoms with Crippen LogP contribution in [0.2, 0.25) is 0 Å². The number of aromatic hydroxyl groups is 1. The number of rotatable bonds is 3. The second kappa shape index (κ2) is 8.88. The van der Waals surface area contributed by atoms with E-state index in [1.807, 2.05) is 34.9 Å². The minimum Gasteiger partial charge on any atom is -0.508 e. The van der Waals surface area contributed by atoms with Crippen LogP contribution in [-0.4, -0.2) is 24.4 Å². The highest BCUT2D eigenvalue weighted by Gasteiger charge is 2.21. The summed E-state index contributed by atoms with van der Waals surface area (Å²) < 4.78 is 4.61. The predicted molar refractivity (Wildman–Crippen MR) is 127 cm³/mol. The molecule has 0 radical (unpaired) electrons. The van der Waals surface area contributed by atoms with Crippen LogP contribution in [0.1, 0.15) is 36.5 Å². The van der Waals surface area contributed by atoms with Crippen molar-refractivity contribution in [1.82, 2.24) is 19.3 Å². The summed E-state index contributed by atoms with van der Waals surface area (Å²) in [4.78, 5) is 13.5. The third-order valence-electron chi connectivity index (χ3n) is 5.69. The Kier molecular flexibility index (Phi) is 5.63. The highest BCUT2D eigenvalue weighted by atomic mass is 32.1. The lowest BCUT2D eigenvalue weighted by Gasteiger charge is -2.07. The maximum atomic E-state index is 13.5. The number of hydrogen-bond acceptors (Lipinski definition) is 6. The van der Waals surface area contributed by atoms with Crippen molar-refractivity contribution < 1.29 is 5.11 Å². The summed E-state index contributed by atoms with van der Waals surface area (Å²) in [6, 6.07) is 18.3. The molecule has 7 nitrogen and oxygen atoms in total. The highest BCUT2D eigenvalue weighted by Crippen LogP contribution is 2.18.